The number of ether oxygens (including phenoxy) is 1. The molecule has 4 rings (SSSR count). The van der Waals surface area contributed by atoms with Crippen LogP contribution in [0.15, 0.2) is 36.4 Å². The highest BCUT2D eigenvalue weighted by Gasteiger charge is 2.40. The molecule has 184 valence electrons. The molecule has 2 N–H and O–H groups in total. The average Bonchev–Trinajstić information content (AvgIpc) is 3.65. The number of amides is 2. The van der Waals surface area contributed by atoms with Gasteiger partial charge in [-0.15, -0.1) is 12.4 Å². The van der Waals surface area contributed by atoms with Crippen LogP contribution in [-0.2, 0) is 11.3 Å². The minimum absolute atomic E-state index is 0. The molecule has 0 radical (unpaired) electrons. The summed E-state index contributed by atoms with van der Waals surface area (Å²) in [5.74, 6) is -1.17. The molecule has 2 fully saturated rings. The van der Waals surface area contributed by atoms with Crippen LogP contribution < -0.4 is 15.4 Å². The fraction of sp³-hybridized carbons (Fsp3) is 0.462. The number of aryl methyl sites for hydroxylation is 1. The lowest BCUT2D eigenvalue weighted by Gasteiger charge is -2.36. The molecule has 1 aliphatic carbocycles. The quantitative estimate of drug-likeness (QED) is 0.621. The summed E-state index contributed by atoms with van der Waals surface area (Å²) in [5, 5.41) is 6.30. The van der Waals surface area contributed by atoms with Crippen LogP contribution in [0.1, 0.15) is 46.3 Å². The van der Waals surface area contributed by atoms with Gasteiger partial charge in [0.15, 0.2) is 11.6 Å². The van der Waals surface area contributed by atoms with Crippen LogP contribution in [-0.4, -0.2) is 49.0 Å². The first-order valence-corrected chi connectivity index (χ1v) is 11.6. The van der Waals surface area contributed by atoms with E-state index in [-0.39, 0.29) is 53.5 Å². The van der Waals surface area contributed by atoms with E-state index in [1.54, 1.807) is 0 Å². The van der Waals surface area contributed by atoms with E-state index in [1.165, 1.54) is 36.4 Å². The predicted octanol–water partition coefficient (Wildman–Crippen LogP) is 3.77. The SMILES string of the molecule is COc1ccc(C(=O)NC2CCNCC2C(=O)N(Cc2cccc(C)c2C)C2CC2)cc1F.Cl. The van der Waals surface area contributed by atoms with Gasteiger partial charge < -0.3 is 20.3 Å². The largest absolute Gasteiger partial charge is 0.494 e. The van der Waals surface area contributed by atoms with Gasteiger partial charge in [0.05, 0.1) is 13.0 Å². The van der Waals surface area contributed by atoms with Crippen molar-refractivity contribution in [2.45, 2.75) is 51.7 Å². The number of nitrogens with zero attached hydrogens (tertiary/aromatic N) is 1. The summed E-state index contributed by atoms with van der Waals surface area (Å²) in [6.07, 6.45) is 2.67. The normalized spacial score (nSPS) is 19.6. The Bertz CT molecular complexity index is 1040. The summed E-state index contributed by atoms with van der Waals surface area (Å²) in [4.78, 5) is 28.6. The third-order valence-electron chi connectivity index (χ3n) is 6.86. The molecule has 0 bridgehead atoms. The molecule has 1 saturated carbocycles. The van der Waals surface area contributed by atoms with Gasteiger partial charge >= 0.3 is 0 Å². The highest BCUT2D eigenvalue weighted by Crippen LogP contribution is 2.32. The first kappa shape index (κ1) is 26.0. The van der Waals surface area contributed by atoms with Crippen LogP contribution in [0.4, 0.5) is 4.39 Å². The maximum Gasteiger partial charge on any atom is 0.251 e. The summed E-state index contributed by atoms with van der Waals surface area (Å²) in [6, 6.07) is 10.3. The summed E-state index contributed by atoms with van der Waals surface area (Å²) in [7, 11) is 1.38. The molecule has 2 aromatic carbocycles. The monoisotopic (exact) mass is 489 g/mol. The molecule has 0 aromatic heterocycles. The zero-order valence-corrected chi connectivity index (χ0v) is 20.7. The highest BCUT2D eigenvalue weighted by atomic mass is 35.5. The van der Waals surface area contributed by atoms with Crippen LogP contribution >= 0.6 is 12.4 Å². The van der Waals surface area contributed by atoms with E-state index in [1.807, 2.05) is 11.0 Å². The van der Waals surface area contributed by atoms with Gasteiger partial charge in [-0.25, -0.2) is 4.39 Å². The van der Waals surface area contributed by atoms with Gasteiger partial charge in [0.2, 0.25) is 5.91 Å². The lowest BCUT2D eigenvalue weighted by Crippen LogP contribution is -2.55. The Morgan fingerprint density at radius 1 is 1.18 bits per heavy atom. The fourth-order valence-corrected chi connectivity index (χ4v) is 4.50. The molecule has 1 saturated heterocycles. The molecule has 6 nitrogen and oxygen atoms in total. The average molecular weight is 490 g/mol. The van der Waals surface area contributed by atoms with E-state index in [0.717, 1.165) is 18.4 Å². The number of methoxy groups -OCH3 is 1. The maximum absolute atomic E-state index is 14.1. The molecular formula is C26H33ClFN3O3. The molecule has 2 amide bonds. The third kappa shape index (κ3) is 5.70. The molecule has 1 aliphatic heterocycles. The summed E-state index contributed by atoms with van der Waals surface area (Å²) in [5.41, 5.74) is 3.80. The van der Waals surface area contributed by atoms with E-state index >= 15 is 0 Å². The van der Waals surface area contributed by atoms with Crippen molar-refractivity contribution in [1.82, 2.24) is 15.5 Å². The van der Waals surface area contributed by atoms with Gasteiger partial charge in [-0.2, -0.15) is 0 Å². The first-order valence-electron chi connectivity index (χ1n) is 11.6. The van der Waals surface area contributed by atoms with Gasteiger partial charge in [-0.05, 0) is 74.5 Å². The Morgan fingerprint density at radius 3 is 2.62 bits per heavy atom. The Balaban J connectivity index is 0.00000324. The highest BCUT2D eigenvalue weighted by molar-refractivity contribution is 5.95. The topological polar surface area (TPSA) is 70.7 Å². The molecule has 2 unspecified atom stereocenters. The molecule has 2 aromatic rings. The van der Waals surface area contributed by atoms with Crippen LogP contribution in [0.25, 0.3) is 0 Å². The fourth-order valence-electron chi connectivity index (χ4n) is 4.50. The van der Waals surface area contributed by atoms with Crippen molar-refractivity contribution in [2.75, 3.05) is 20.2 Å². The van der Waals surface area contributed by atoms with Crippen LogP contribution in [0.5, 0.6) is 5.75 Å². The summed E-state index contributed by atoms with van der Waals surface area (Å²) >= 11 is 0. The Hall–Kier alpha value is -2.64. The number of nitrogens with one attached hydrogen (secondary N) is 2. The van der Waals surface area contributed by atoms with E-state index in [0.29, 0.717) is 26.1 Å². The molecule has 0 spiro atoms. The second-order valence-electron chi connectivity index (χ2n) is 9.08. The van der Waals surface area contributed by atoms with E-state index in [4.69, 9.17) is 4.74 Å². The molecule has 34 heavy (non-hydrogen) atoms. The van der Waals surface area contributed by atoms with Gasteiger partial charge in [-0.3, -0.25) is 9.59 Å². The smallest absolute Gasteiger partial charge is 0.251 e. The van der Waals surface area contributed by atoms with Gasteiger partial charge in [-0.1, -0.05) is 18.2 Å². The Labute approximate surface area is 206 Å². The number of piperidine rings is 1. The van der Waals surface area contributed by atoms with Gasteiger partial charge in [0.1, 0.15) is 0 Å². The zero-order valence-electron chi connectivity index (χ0n) is 19.9. The van der Waals surface area contributed by atoms with Crippen molar-refractivity contribution < 1.29 is 18.7 Å². The standard InChI is InChI=1S/C26H32FN3O3.ClH/c1-16-5-4-6-19(17(16)2)15-30(20-8-9-20)26(32)21-14-28-12-11-23(21)29-25(31)18-7-10-24(33-3)22(27)13-18;/h4-7,10,13,20-21,23,28H,8-9,11-12,14-15H2,1-3H3,(H,29,31);1H. The summed E-state index contributed by atoms with van der Waals surface area (Å²) in [6.45, 7) is 5.99. The number of rotatable bonds is 7. The number of hydrogen-bond acceptors (Lipinski definition) is 4. The van der Waals surface area contributed by atoms with E-state index in [2.05, 4.69) is 36.6 Å². The Kier molecular flexibility index (Phi) is 8.55. The number of benzene rings is 2. The molecule has 1 heterocycles. The number of carbonyl (C=O) groups is 2. The van der Waals surface area contributed by atoms with Crippen molar-refractivity contribution in [1.29, 1.82) is 0 Å². The van der Waals surface area contributed by atoms with Crippen LogP contribution in [0, 0.1) is 25.6 Å². The van der Waals surface area contributed by atoms with Crippen molar-refractivity contribution >= 4 is 24.2 Å². The van der Waals surface area contributed by atoms with Crippen molar-refractivity contribution in [2.24, 2.45) is 5.92 Å². The zero-order chi connectivity index (χ0) is 23.5. The van der Waals surface area contributed by atoms with Gasteiger partial charge in [0, 0.05) is 30.7 Å². The predicted molar refractivity (Wildman–Crippen MR) is 132 cm³/mol. The number of carbonyl (C=O) groups excluding carboxylic acids is 2. The van der Waals surface area contributed by atoms with E-state index in [9.17, 15) is 14.0 Å². The van der Waals surface area contributed by atoms with Crippen molar-refractivity contribution in [3.8, 4) is 5.75 Å². The lowest BCUT2D eigenvalue weighted by molar-refractivity contribution is -0.138. The minimum atomic E-state index is -0.587. The van der Waals surface area contributed by atoms with Crippen LogP contribution in [0.2, 0.25) is 0 Å². The van der Waals surface area contributed by atoms with Gasteiger partial charge in [0.25, 0.3) is 5.91 Å². The Morgan fingerprint density at radius 2 is 1.94 bits per heavy atom. The molecular weight excluding hydrogens is 457 g/mol. The van der Waals surface area contributed by atoms with E-state index < -0.39 is 5.82 Å². The molecule has 2 atom stereocenters. The minimum Gasteiger partial charge on any atom is -0.494 e. The van der Waals surface area contributed by atoms with Crippen molar-refractivity contribution in [3.63, 3.8) is 0 Å². The lowest BCUT2D eigenvalue weighted by atomic mass is 9.91. The van der Waals surface area contributed by atoms with Crippen LogP contribution in [0.3, 0.4) is 0 Å². The molecule has 2 aliphatic rings. The number of halogens is 2. The second kappa shape index (κ2) is 11.2. The van der Waals surface area contributed by atoms with Crippen molar-refractivity contribution in [3.05, 3.63) is 64.5 Å². The molecule has 8 heteroatoms. The summed E-state index contributed by atoms with van der Waals surface area (Å²) < 4.78 is 19.0. The second-order valence-corrected chi connectivity index (χ2v) is 9.08. The first-order chi connectivity index (χ1) is 15.9. The number of hydrogen-bond donors (Lipinski definition) is 2. The maximum atomic E-state index is 14.1. The third-order valence-corrected chi connectivity index (χ3v) is 6.86.